The summed E-state index contributed by atoms with van der Waals surface area (Å²) in [6, 6.07) is 8.42. The summed E-state index contributed by atoms with van der Waals surface area (Å²) in [5.74, 6) is 0.405. The number of fused-ring (bicyclic) bond motifs is 3. The topological polar surface area (TPSA) is 56.5 Å². The first kappa shape index (κ1) is 19.0. The van der Waals surface area contributed by atoms with Gasteiger partial charge in [0.15, 0.2) is 12.4 Å². The number of benzene rings is 2. The van der Waals surface area contributed by atoms with Crippen LogP contribution in [0.2, 0.25) is 10.0 Å². The first-order chi connectivity index (χ1) is 13.4. The van der Waals surface area contributed by atoms with E-state index >= 15 is 0 Å². The van der Waals surface area contributed by atoms with Gasteiger partial charge in [0.2, 0.25) is 0 Å². The summed E-state index contributed by atoms with van der Waals surface area (Å²) < 4.78 is 11.3. The lowest BCUT2D eigenvalue weighted by Gasteiger charge is -2.17. The Morgan fingerprint density at radius 1 is 1.07 bits per heavy atom. The van der Waals surface area contributed by atoms with Crippen molar-refractivity contribution >= 4 is 40.0 Å². The molecule has 144 valence electrons. The van der Waals surface area contributed by atoms with Crippen LogP contribution < -0.4 is 10.4 Å². The van der Waals surface area contributed by atoms with Crippen LogP contribution in [-0.2, 0) is 12.8 Å². The van der Waals surface area contributed by atoms with Crippen LogP contribution in [0.5, 0.6) is 5.75 Å². The minimum atomic E-state index is -0.245. The Balaban J connectivity index is 1.64. The van der Waals surface area contributed by atoms with Crippen LogP contribution in [0.1, 0.15) is 39.9 Å². The molecule has 0 radical (unpaired) electrons. The predicted octanol–water partition coefficient (Wildman–Crippen LogP) is 5.55. The Morgan fingerprint density at radius 2 is 1.82 bits per heavy atom. The molecule has 0 fully saturated rings. The maximum absolute atomic E-state index is 12.4. The SMILES string of the molecule is Cc1cc2oc(=O)c3c(c2cc1OCC(=O)c1ccc(Cl)c(Cl)c1)CCCC3. The van der Waals surface area contributed by atoms with Crippen molar-refractivity contribution in [3.05, 3.63) is 73.1 Å². The smallest absolute Gasteiger partial charge is 0.339 e. The molecule has 0 saturated carbocycles. The van der Waals surface area contributed by atoms with Gasteiger partial charge in [-0.05, 0) is 74.1 Å². The van der Waals surface area contributed by atoms with Crippen molar-refractivity contribution in [3.8, 4) is 5.75 Å². The predicted molar refractivity (Wildman–Crippen MR) is 110 cm³/mol. The average molecular weight is 417 g/mol. The Morgan fingerprint density at radius 3 is 2.57 bits per heavy atom. The zero-order valence-corrected chi connectivity index (χ0v) is 16.8. The molecule has 1 aliphatic rings. The lowest BCUT2D eigenvalue weighted by atomic mass is 9.90. The second-order valence-electron chi connectivity index (χ2n) is 7.01. The number of Topliss-reactive ketones (excluding diaryl/α,β-unsaturated/α-hetero) is 1. The number of hydrogen-bond acceptors (Lipinski definition) is 4. The average Bonchev–Trinajstić information content (AvgIpc) is 2.69. The van der Waals surface area contributed by atoms with E-state index in [1.54, 1.807) is 18.2 Å². The van der Waals surface area contributed by atoms with E-state index in [-0.39, 0.29) is 18.0 Å². The van der Waals surface area contributed by atoms with Crippen molar-refractivity contribution in [2.75, 3.05) is 6.61 Å². The van der Waals surface area contributed by atoms with E-state index in [9.17, 15) is 9.59 Å². The number of carbonyl (C=O) groups excluding carboxylic acids is 1. The molecule has 0 unspecified atom stereocenters. The first-order valence-electron chi connectivity index (χ1n) is 9.14. The fourth-order valence-corrected chi connectivity index (χ4v) is 3.92. The Kier molecular flexibility index (Phi) is 5.17. The van der Waals surface area contributed by atoms with E-state index in [1.165, 1.54) is 6.07 Å². The van der Waals surface area contributed by atoms with Gasteiger partial charge in [-0.15, -0.1) is 0 Å². The van der Waals surface area contributed by atoms with Crippen molar-refractivity contribution < 1.29 is 13.9 Å². The van der Waals surface area contributed by atoms with Crippen molar-refractivity contribution in [1.82, 2.24) is 0 Å². The van der Waals surface area contributed by atoms with Gasteiger partial charge in [-0.3, -0.25) is 4.79 Å². The highest BCUT2D eigenvalue weighted by Gasteiger charge is 2.19. The summed E-state index contributed by atoms with van der Waals surface area (Å²) in [6.45, 7) is 1.74. The zero-order chi connectivity index (χ0) is 19.8. The molecule has 4 rings (SSSR count). The normalized spacial score (nSPS) is 13.4. The summed E-state index contributed by atoms with van der Waals surface area (Å²) >= 11 is 11.9. The first-order valence-corrected chi connectivity index (χ1v) is 9.90. The lowest BCUT2D eigenvalue weighted by molar-refractivity contribution is 0.0921. The standard InChI is InChI=1S/C22H18Cl2O4/c1-12-8-21-16(14-4-2-3-5-15(14)22(26)28-21)10-20(12)27-11-19(25)13-6-7-17(23)18(24)9-13/h6-10H,2-5,11H2,1H3. The number of ether oxygens (including phenoxy) is 1. The highest BCUT2D eigenvalue weighted by molar-refractivity contribution is 6.42. The Labute approximate surface area is 172 Å². The van der Waals surface area contributed by atoms with E-state index in [1.807, 2.05) is 13.0 Å². The van der Waals surface area contributed by atoms with Crippen LogP contribution in [0.3, 0.4) is 0 Å². The molecule has 0 N–H and O–H groups in total. The quantitative estimate of drug-likeness (QED) is 0.413. The molecule has 1 aliphatic carbocycles. The molecule has 0 spiro atoms. The van der Waals surface area contributed by atoms with E-state index in [2.05, 4.69) is 0 Å². The molecule has 0 atom stereocenters. The number of aryl methyl sites for hydroxylation is 2. The third-order valence-electron chi connectivity index (χ3n) is 5.12. The lowest BCUT2D eigenvalue weighted by Crippen LogP contribution is -2.16. The molecule has 0 bridgehead atoms. The summed E-state index contributed by atoms with van der Waals surface area (Å²) in [5.41, 5.74) is 3.36. The monoisotopic (exact) mass is 416 g/mol. The zero-order valence-electron chi connectivity index (χ0n) is 15.3. The Bertz CT molecular complexity index is 1150. The minimum Gasteiger partial charge on any atom is -0.485 e. The van der Waals surface area contributed by atoms with Gasteiger partial charge in [-0.1, -0.05) is 23.2 Å². The molecular formula is C22H18Cl2O4. The highest BCUT2D eigenvalue weighted by Crippen LogP contribution is 2.32. The van der Waals surface area contributed by atoms with Crippen molar-refractivity contribution in [1.29, 1.82) is 0 Å². The van der Waals surface area contributed by atoms with Crippen LogP contribution in [0, 0.1) is 6.92 Å². The molecule has 28 heavy (non-hydrogen) atoms. The summed E-state index contributed by atoms with van der Waals surface area (Å²) in [5, 5.41) is 1.61. The van der Waals surface area contributed by atoms with Crippen LogP contribution in [-0.4, -0.2) is 12.4 Å². The summed E-state index contributed by atoms with van der Waals surface area (Å²) in [4.78, 5) is 24.7. The number of carbonyl (C=O) groups is 1. The van der Waals surface area contributed by atoms with E-state index in [0.29, 0.717) is 26.9 Å². The number of ketones is 1. The van der Waals surface area contributed by atoms with Crippen LogP contribution in [0.15, 0.2) is 39.5 Å². The third kappa shape index (κ3) is 3.54. The van der Waals surface area contributed by atoms with Gasteiger partial charge < -0.3 is 9.15 Å². The van der Waals surface area contributed by atoms with Gasteiger partial charge in [0, 0.05) is 16.5 Å². The van der Waals surface area contributed by atoms with Crippen LogP contribution >= 0.6 is 23.2 Å². The molecule has 1 aromatic heterocycles. The largest absolute Gasteiger partial charge is 0.485 e. The molecular weight excluding hydrogens is 399 g/mol. The molecule has 0 amide bonds. The minimum absolute atomic E-state index is 0.122. The van der Waals surface area contributed by atoms with Crippen LogP contribution in [0.25, 0.3) is 11.0 Å². The summed E-state index contributed by atoms with van der Waals surface area (Å²) in [6.07, 6.45) is 3.64. The number of hydrogen-bond donors (Lipinski definition) is 0. The second-order valence-corrected chi connectivity index (χ2v) is 7.82. The number of rotatable bonds is 4. The fourth-order valence-electron chi connectivity index (χ4n) is 3.62. The van der Waals surface area contributed by atoms with E-state index < -0.39 is 0 Å². The molecule has 3 aromatic rings. The molecule has 2 aromatic carbocycles. The van der Waals surface area contributed by atoms with E-state index in [0.717, 1.165) is 47.8 Å². The highest BCUT2D eigenvalue weighted by atomic mass is 35.5. The molecule has 4 nitrogen and oxygen atoms in total. The van der Waals surface area contributed by atoms with Crippen molar-refractivity contribution in [2.24, 2.45) is 0 Å². The Hall–Kier alpha value is -2.30. The molecule has 6 heteroatoms. The third-order valence-corrected chi connectivity index (χ3v) is 5.86. The van der Waals surface area contributed by atoms with Crippen molar-refractivity contribution in [3.63, 3.8) is 0 Å². The van der Waals surface area contributed by atoms with E-state index in [4.69, 9.17) is 32.4 Å². The number of halogens is 2. The second kappa shape index (κ2) is 7.61. The van der Waals surface area contributed by atoms with Gasteiger partial charge in [0.1, 0.15) is 11.3 Å². The van der Waals surface area contributed by atoms with Gasteiger partial charge in [0.25, 0.3) is 0 Å². The molecule has 1 heterocycles. The maximum atomic E-state index is 12.4. The van der Waals surface area contributed by atoms with Gasteiger partial charge in [-0.25, -0.2) is 4.79 Å². The fraction of sp³-hybridized carbons (Fsp3) is 0.273. The van der Waals surface area contributed by atoms with Gasteiger partial charge >= 0.3 is 5.63 Å². The van der Waals surface area contributed by atoms with Crippen molar-refractivity contribution in [2.45, 2.75) is 32.6 Å². The maximum Gasteiger partial charge on any atom is 0.339 e. The summed E-state index contributed by atoms with van der Waals surface area (Å²) in [7, 11) is 0. The molecule has 0 saturated heterocycles. The van der Waals surface area contributed by atoms with Gasteiger partial charge in [-0.2, -0.15) is 0 Å². The van der Waals surface area contributed by atoms with Crippen LogP contribution in [0.4, 0.5) is 0 Å². The molecule has 0 aliphatic heterocycles. The van der Waals surface area contributed by atoms with Gasteiger partial charge in [0.05, 0.1) is 10.0 Å².